The molecule has 5 nitrogen and oxygen atoms in total. The van der Waals surface area contributed by atoms with E-state index in [0.29, 0.717) is 0 Å². The summed E-state index contributed by atoms with van der Waals surface area (Å²) in [6.07, 6.45) is -0.720. The van der Waals surface area contributed by atoms with Gasteiger partial charge in [-0.05, 0) is 27.7 Å². The minimum atomic E-state index is -1.09. The molecule has 0 aliphatic carbocycles. The van der Waals surface area contributed by atoms with Gasteiger partial charge in [0.2, 0.25) is 0 Å². The fraction of sp³-hybridized carbons (Fsp3) is 0.750. The number of carbonyl (C=O) groups excluding carboxylic acids is 1. The summed E-state index contributed by atoms with van der Waals surface area (Å²) in [7, 11) is 0. The maximum absolute atomic E-state index is 11.0. The van der Waals surface area contributed by atoms with Crippen LogP contribution in [0.2, 0.25) is 0 Å². The standard InChI is InChI=1S/C8H15NO4/c1-5(6(10)11)9-7(12)13-8(2,3)4/h5H,1-4H3,(H,9,12)(H,10,11)/t5-/m0/s1/i5+1,9+1. The van der Waals surface area contributed by atoms with E-state index in [1.165, 1.54) is 6.92 Å². The Bertz CT molecular complexity index is 207. The van der Waals surface area contributed by atoms with Gasteiger partial charge >= 0.3 is 12.1 Å². The van der Waals surface area contributed by atoms with Crippen molar-refractivity contribution in [3.63, 3.8) is 0 Å². The molecule has 0 heterocycles. The third-order valence-corrected chi connectivity index (χ3v) is 1.10. The molecule has 0 saturated carbocycles. The van der Waals surface area contributed by atoms with Crippen LogP contribution >= 0.6 is 0 Å². The molecule has 0 fully saturated rings. The van der Waals surface area contributed by atoms with Crippen molar-refractivity contribution in [2.45, 2.75) is 39.3 Å². The first kappa shape index (κ1) is 11.7. The van der Waals surface area contributed by atoms with E-state index in [2.05, 4.69) is 5.32 Å². The summed E-state index contributed by atoms with van der Waals surface area (Å²) < 4.78 is 4.85. The number of aliphatic carboxylic acids is 1. The molecule has 2 N–H and O–H groups in total. The Kier molecular flexibility index (Phi) is 3.71. The average Bonchev–Trinajstić information content (AvgIpc) is 1.81. The summed E-state index contributed by atoms with van der Waals surface area (Å²) in [5.74, 6) is -1.09. The van der Waals surface area contributed by atoms with Gasteiger partial charge in [-0.25, -0.2) is 4.79 Å². The van der Waals surface area contributed by atoms with Crippen LogP contribution in [0.5, 0.6) is 0 Å². The maximum Gasteiger partial charge on any atom is 0.408 e. The molecule has 0 spiro atoms. The number of ether oxygens (including phenoxy) is 1. The van der Waals surface area contributed by atoms with Gasteiger partial charge in [-0.3, -0.25) is 4.79 Å². The van der Waals surface area contributed by atoms with E-state index in [4.69, 9.17) is 9.84 Å². The van der Waals surface area contributed by atoms with Gasteiger partial charge in [0, 0.05) is 0 Å². The molecule has 0 aliphatic rings. The minimum absolute atomic E-state index is 0.609. The van der Waals surface area contributed by atoms with Crippen LogP contribution in [0.1, 0.15) is 27.7 Å². The zero-order valence-electron chi connectivity index (χ0n) is 8.25. The van der Waals surface area contributed by atoms with Gasteiger partial charge in [-0.2, -0.15) is 0 Å². The lowest BCUT2D eigenvalue weighted by atomic mass is 10.2. The van der Waals surface area contributed by atoms with Crippen LogP contribution in [0.15, 0.2) is 0 Å². The van der Waals surface area contributed by atoms with Gasteiger partial charge in [0.1, 0.15) is 11.6 Å². The smallest absolute Gasteiger partial charge is 0.408 e. The van der Waals surface area contributed by atoms with E-state index >= 15 is 0 Å². The van der Waals surface area contributed by atoms with Crippen LogP contribution in [-0.4, -0.2) is 28.8 Å². The Morgan fingerprint density at radius 3 is 2.15 bits per heavy atom. The predicted octanol–water partition coefficient (Wildman–Crippen LogP) is 0.984. The summed E-state index contributed by atoms with van der Waals surface area (Å²) >= 11 is 0. The predicted molar refractivity (Wildman–Crippen MR) is 46.5 cm³/mol. The number of carboxylic acids is 1. The molecular formula is C8H15NO4. The molecule has 1 atom stereocenters. The molecule has 76 valence electrons. The Morgan fingerprint density at radius 2 is 1.85 bits per heavy atom. The first-order valence-corrected chi connectivity index (χ1v) is 3.94. The van der Waals surface area contributed by atoms with Crippen molar-refractivity contribution in [2.75, 3.05) is 0 Å². The molecule has 0 unspecified atom stereocenters. The number of carbonyl (C=O) groups is 2. The number of rotatable bonds is 2. The monoisotopic (exact) mass is 191 g/mol. The van der Waals surface area contributed by atoms with Crippen LogP contribution in [-0.2, 0) is 9.53 Å². The first-order chi connectivity index (χ1) is 5.72. The van der Waals surface area contributed by atoms with Crippen LogP contribution in [0, 0.1) is 0 Å². The highest BCUT2D eigenvalue weighted by atomic mass is 16.6. The highest BCUT2D eigenvalue weighted by molar-refractivity contribution is 5.79. The number of alkyl carbamates (subject to hydrolysis) is 1. The molecule has 0 aromatic heterocycles. The molecule has 13 heavy (non-hydrogen) atoms. The van der Waals surface area contributed by atoms with Crippen LogP contribution < -0.4 is 5.32 Å². The minimum Gasteiger partial charge on any atom is -0.480 e. The average molecular weight is 191 g/mol. The maximum atomic E-state index is 11.0. The molecule has 0 aliphatic heterocycles. The second-order valence-electron chi connectivity index (χ2n) is 3.71. The highest BCUT2D eigenvalue weighted by Crippen LogP contribution is 2.06. The lowest BCUT2D eigenvalue weighted by Crippen LogP contribution is -2.41. The summed E-state index contributed by atoms with van der Waals surface area (Å²) in [5, 5.41) is 10.6. The number of hydrogen-bond donors (Lipinski definition) is 2. The molecule has 0 bridgehead atoms. The van der Waals surface area contributed by atoms with E-state index in [1.807, 2.05) is 0 Å². The SMILES string of the molecule is C[13C@H]([15NH]C(=O)OC(C)(C)C)C(=O)O. The van der Waals surface area contributed by atoms with Gasteiger partial charge in [-0.1, -0.05) is 0 Å². The van der Waals surface area contributed by atoms with Crippen molar-refractivity contribution in [1.29, 1.82) is 0 Å². The van der Waals surface area contributed by atoms with Gasteiger partial charge in [0.15, 0.2) is 0 Å². The van der Waals surface area contributed by atoms with Gasteiger partial charge in [-0.15, -0.1) is 0 Å². The summed E-state index contributed by atoms with van der Waals surface area (Å²) in [6, 6.07) is -0.935. The normalized spacial score (nSPS) is 13.2. The number of carboxylic acid groups (broad SMARTS) is 1. The van der Waals surface area contributed by atoms with Crippen molar-refractivity contribution in [3.05, 3.63) is 0 Å². The lowest BCUT2D eigenvalue weighted by molar-refractivity contribution is -0.139. The summed E-state index contributed by atoms with van der Waals surface area (Å²) in [5.41, 5.74) is -0.609. The molecule has 5 heteroatoms. The van der Waals surface area contributed by atoms with Crippen LogP contribution in [0.3, 0.4) is 0 Å². The Morgan fingerprint density at radius 1 is 1.38 bits per heavy atom. The number of amides is 1. The quantitative estimate of drug-likeness (QED) is 0.504. The zero-order valence-corrected chi connectivity index (χ0v) is 8.25. The fourth-order valence-corrected chi connectivity index (χ4v) is 0.546. The van der Waals surface area contributed by atoms with E-state index in [-0.39, 0.29) is 0 Å². The molecule has 0 aromatic rings. The fourth-order valence-electron chi connectivity index (χ4n) is 0.546. The molecular weight excluding hydrogens is 176 g/mol. The first-order valence-electron chi connectivity index (χ1n) is 3.94. The molecule has 0 saturated heterocycles. The van der Waals surface area contributed by atoms with Gasteiger partial charge in [0.25, 0.3) is 0 Å². The third kappa shape index (κ3) is 5.95. The van der Waals surface area contributed by atoms with Crippen molar-refractivity contribution < 1.29 is 19.4 Å². The highest BCUT2D eigenvalue weighted by Gasteiger charge is 2.20. The lowest BCUT2D eigenvalue weighted by Gasteiger charge is -2.20. The Hall–Kier alpha value is -1.26. The van der Waals surface area contributed by atoms with Crippen molar-refractivity contribution in [3.8, 4) is 0 Å². The summed E-state index contributed by atoms with van der Waals surface area (Å²) in [4.78, 5) is 21.3. The molecule has 0 aromatic carbocycles. The van der Waals surface area contributed by atoms with Crippen LogP contribution in [0.25, 0.3) is 0 Å². The van der Waals surface area contributed by atoms with E-state index in [1.54, 1.807) is 20.8 Å². The van der Waals surface area contributed by atoms with E-state index < -0.39 is 23.7 Å². The van der Waals surface area contributed by atoms with Crippen molar-refractivity contribution in [1.82, 2.24) is 5.32 Å². The molecule has 0 radical (unpaired) electrons. The Labute approximate surface area is 77.1 Å². The Balaban J connectivity index is 3.96. The van der Waals surface area contributed by atoms with Crippen molar-refractivity contribution >= 4 is 12.1 Å². The number of hydrogen-bond acceptors (Lipinski definition) is 3. The third-order valence-electron chi connectivity index (χ3n) is 1.10. The van der Waals surface area contributed by atoms with Crippen LogP contribution in [0.4, 0.5) is 4.79 Å². The second kappa shape index (κ2) is 4.11. The van der Waals surface area contributed by atoms with E-state index in [0.717, 1.165) is 0 Å². The van der Waals surface area contributed by atoms with Gasteiger partial charge in [0.05, 0.1) is 0 Å². The zero-order chi connectivity index (χ0) is 10.6. The topological polar surface area (TPSA) is 75.6 Å². The van der Waals surface area contributed by atoms with E-state index in [9.17, 15) is 9.59 Å². The largest absolute Gasteiger partial charge is 0.480 e. The number of nitrogens with one attached hydrogen (secondary N) is 1. The molecule has 1 amide bonds. The summed E-state index contributed by atoms with van der Waals surface area (Å²) in [6.45, 7) is 6.49. The van der Waals surface area contributed by atoms with Gasteiger partial charge < -0.3 is 15.2 Å². The second-order valence-corrected chi connectivity index (χ2v) is 3.71. The molecule has 0 rings (SSSR count). The van der Waals surface area contributed by atoms with Crippen molar-refractivity contribution in [2.24, 2.45) is 0 Å².